The maximum Gasteiger partial charge on any atom is 0.401 e. The third kappa shape index (κ3) is 5.65. The summed E-state index contributed by atoms with van der Waals surface area (Å²) in [6.07, 6.45) is 0. The highest BCUT2D eigenvalue weighted by molar-refractivity contribution is 7.50. The fourth-order valence-corrected chi connectivity index (χ4v) is 1.21. The Morgan fingerprint density at radius 3 is 2.09 bits per heavy atom. The van der Waals surface area contributed by atoms with Crippen LogP contribution in [0.2, 0.25) is 0 Å². The Hall–Kier alpha value is 0.400. The predicted molar refractivity (Wildman–Crippen MR) is 44.2 cm³/mol. The Morgan fingerprint density at radius 1 is 1.64 bits per heavy atom. The number of alkyl halides is 1. The molecule has 4 nitrogen and oxygen atoms in total. The molecule has 2 unspecified atom stereocenters. The van der Waals surface area contributed by atoms with Crippen LogP contribution in [-0.4, -0.2) is 10.5 Å². The topological polar surface area (TPSA) is 72.5 Å². The lowest BCUT2D eigenvalue weighted by molar-refractivity contribution is 0.139. The molecule has 0 aromatic heterocycles. The molecule has 0 fully saturated rings. The standard InChI is InChI=1S/C5H13ClNO3P/c1-5(2,3)4(6)10-11(7,8)9/h4H,1-3H3,(H3,7,8,9). The summed E-state index contributed by atoms with van der Waals surface area (Å²) in [7, 11) is -3.95. The van der Waals surface area contributed by atoms with Crippen molar-refractivity contribution in [3.05, 3.63) is 0 Å². The van der Waals surface area contributed by atoms with E-state index in [4.69, 9.17) is 22.0 Å². The van der Waals surface area contributed by atoms with Gasteiger partial charge in [0.1, 0.15) is 5.56 Å². The maximum absolute atomic E-state index is 10.5. The van der Waals surface area contributed by atoms with Crippen molar-refractivity contribution < 1.29 is 14.0 Å². The SMILES string of the molecule is CC(C)(C)C(Cl)OP(N)(=O)O. The minimum absolute atomic E-state index is 0.403. The first-order valence-corrected chi connectivity index (χ1v) is 5.15. The number of hydrogen-bond acceptors (Lipinski definition) is 2. The zero-order chi connectivity index (χ0) is 9.28. The van der Waals surface area contributed by atoms with Crippen LogP contribution in [0.25, 0.3) is 0 Å². The van der Waals surface area contributed by atoms with Crippen LogP contribution in [0.1, 0.15) is 20.8 Å². The Morgan fingerprint density at radius 2 is 2.00 bits per heavy atom. The van der Waals surface area contributed by atoms with E-state index >= 15 is 0 Å². The highest BCUT2D eigenvalue weighted by Crippen LogP contribution is 2.39. The molecule has 0 aromatic carbocycles. The second kappa shape index (κ2) is 3.42. The second-order valence-corrected chi connectivity index (χ2v) is 5.09. The summed E-state index contributed by atoms with van der Waals surface area (Å²) in [5, 5.41) is 0. The summed E-state index contributed by atoms with van der Waals surface area (Å²) in [6.45, 7) is 5.33. The molecule has 68 valence electrons. The molecule has 0 aliphatic heterocycles. The van der Waals surface area contributed by atoms with Crippen molar-refractivity contribution in [1.29, 1.82) is 0 Å². The van der Waals surface area contributed by atoms with Crippen molar-refractivity contribution in [2.45, 2.75) is 26.3 Å². The number of rotatable bonds is 2. The molecule has 0 aliphatic carbocycles. The molecule has 0 heterocycles. The number of halogens is 1. The highest BCUT2D eigenvalue weighted by atomic mass is 35.5. The Kier molecular flexibility index (Phi) is 3.54. The van der Waals surface area contributed by atoms with Gasteiger partial charge in [0.25, 0.3) is 0 Å². The van der Waals surface area contributed by atoms with Crippen molar-refractivity contribution in [1.82, 2.24) is 0 Å². The fourth-order valence-electron chi connectivity index (χ4n) is 0.291. The van der Waals surface area contributed by atoms with E-state index in [9.17, 15) is 4.57 Å². The smallest absolute Gasteiger partial charge is 0.313 e. The normalized spacial score (nSPS) is 20.9. The predicted octanol–water partition coefficient (Wildman–Crippen LogP) is 1.67. The summed E-state index contributed by atoms with van der Waals surface area (Å²) < 4.78 is 15.0. The number of nitrogens with two attached hydrogens (primary N) is 1. The molecule has 0 saturated heterocycles. The Balaban J connectivity index is 4.10. The van der Waals surface area contributed by atoms with Gasteiger partial charge in [-0.25, -0.2) is 10.1 Å². The van der Waals surface area contributed by atoms with Gasteiger partial charge < -0.3 is 4.89 Å². The van der Waals surface area contributed by atoms with E-state index < -0.39 is 18.7 Å². The van der Waals surface area contributed by atoms with Crippen LogP contribution in [0.15, 0.2) is 0 Å². The quantitative estimate of drug-likeness (QED) is 0.527. The van der Waals surface area contributed by atoms with Gasteiger partial charge in [-0.3, -0.25) is 4.52 Å². The average molecular weight is 202 g/mol. The summed E-state index contributed by atoms with van der Waals surface area (Å²) in [4.78, 5) is 8.58. The third-order valence-electron chi connectivity index (χ3n) is 0.924. The van der Waals surface area contributed by atoms with E-state index in [2.05, 4.69) is 4.52 Å². The first-order valence-electron chi connectivity index (χ1n) is 3.07. The largest absolute Gasteiger partial charge is 0.401 e. The van der Waals surface area contributed by atoms with Gasteiger partial charge >= 0.3 is 7.75 Å². The molecule has 0 radical (unpaired) electrons. The molecule has 3 N–H and O–H groups in total. The van der Waals surface area contributed by atoms with Gasteiger partial charge in [0, 0.05) is 5.41 Å². The zero-order valence-electron chi connectivity index (χ0n) is 6.74. The van der Waals surface area contributed by atoms with Crippen molar-refractivity contribution in [2.24, 2.45) is 10.9 Å². The maximum atomic E-state index is 10.5. The summed E-state index contributed by atoms with van der Waals surface area (Å²) in [5.74, 6) is 0. The molecule has 6 heteroatoms. The van der Waals surface area contributed by atoms with E-state index in [0.717, 1.165) is 0 Å². The van der Waals surface area contributed by atoms with Gasteiger partial charge in [0.05, 0.1) is 0 Å². The first-order chi connectivity index (χ1) is 4.63. The molecule has 0 saturated carbocycles. The van der Waals surface area contributed by atoms with Crippen LogP contribution in [-0.2, 0) is 9.09 Å². The summed E-state index contributed by atoms with van der Waals surface area (Å²) in [5.41, 5.74) is 3.48. The molecule has 2 atom stereocenters. The van der Waals surface area contributed by atoms with E-state index in [-0.39, 0.29) is 0 Å². The van der Waals surface area contributed by atoms with Gasteiger partial charge in [-0.1, -0.05) is 32.4 Å². The lowest BCUT2D eigenvalue weighted by Crippen LogP contribution is -2.23. The van der Waals surface area contributed by atoms with Crippen LogP contribution in [0.5, 0.6) is 0 Å². The van der Waals surface area contributed by atoms with Gasteiger partial charge in [0.15, 0.2) is 0 Å². The van der Waals surface area contributed by atoms with E-state index in [1.54, 1.807) is 20.8 Å². The second-order valence-electron chi connectivity index (χ2n) is 3.35. The Labute approximate surface area is 71.3 Å². The monoisotopic (exact) mass is 201 g/mol. The van der Waals surface area contributed by atoms with Crippen molar-refractivity contribution in [3.63, 3.8) is 0 Å². The highest BCUT2D eigenvalue weighted by Gasteiger charge is 2.28. The molecule has 11 heavy (non-hydrogen) atoms. The minimum Gasteiger partial charge on any atom is -0.313 e. The lowest BCUT2D eigenvalue weighted by Gasteiger charge is -2.25. The molecule has 0 aliphatic rings. The van der Waals surface area contributed by atoms with Crippen LogP contribution in [0.3, 0.4) is 0 Å². The molecule has 0 amide bonds. The molecule has 0 rings (SSSR count). The summed E-state index contributed by atoms with van der Waals surface area (Å²) >= 11 is 5.61. The molecular formula is C5H13ClNO3P. The molecular weight excluding hydrogens is 188 g/mol. The van der Waals surface area contributed by atoms with Gasteiger partial charge in [-0.15, -0.1) is 0 Å². The van der Waals surface area contributed by atoms with Crippen LogP contribution in [0, 0.1) is 5.41 Å². The summed E-state index contributed by atoms with van der Waals surface area (Å²) in [6, 6.07) is 0. The van der Waals surface area contributed by atoms with Crippen LogP contribution < -0.4 is 5.50 Å². The van der Waals surface area contributed by atoms with Crippen molar-refractivity contribution in [2.75, 3.05) is 0 Å². The van der Waals surface area contributed by atoms with Crippen molar-refractivity contribution >= 4 is 19.3 Å². The number of hydrogen-bond donors (Lipinski definition) is 2. The van der Waals surface area contributed by atoms with Crippen LogP contribution in [0.4, 0.5) is 0 Å². The fraction of sp³-hybridized carbons (Fsp3) is 1.00. The molecule has 0 spiro atoms. The molecule has 0 aromatic rings. The Bertz CT molecular complexity index is 173. The average Bonchev–Trinajstić information content (AvgIpc) is 1.56. The van der Waals surface area contributed by atoms with Gasteiger partial charge in [0.2, 0.25) is 0 Å². The van der Waals surface area contributed by atoms with Crippen molar-refractivity contribution in [3.8, 4) is 0 Å². The van der Waals surface area contributed by atoms with E-state index in [1.807, 2.05) is 0 Å². The third-order valence-corrected chi connectivity index (χ3v) is 2.31. The first kappa shape index (κ1) is 11.4. The van der Waals surface area contributed by atoms with Gasteiger partial charge in [-0.2, -0.15) is 0 Å². The lowest BCUT2D eigenvalue weighted by atomic mass is 9.98. The van der Waals surface area contributed by atoms with Crippen LogP contribution >= 0.6 is 19.3 Å². The molecule has 0 bridgehead atoms. The van der Waals surface area contributed by atoms with Gasteiger partial charge in [-0.05, 0) is 0 Å². The van der Waals surface area contributed by atoms with E-state index in [0.29, 0.717) is 0 Å². The minimum atomic E-state index is -3.95. The van der Waals surface area contributed by atoms with E-state index in [1.165, 1.54) is 0 Å². The zero-order valence-corrected chi connectivity index (χ0v) is 8.39.